The van der Waals surface area contributed by atoms with Gasteiger partial charge in [-0.3, -0.25) is 4.99 Å². The van der Waals surface area contributed by atoms with Crippen LogP contribution in [0.3, 0.4) is 0 Å². The summed E-state index contributed by atoms with van der Waals surface area (Å²) in [5.74, 6) is -0.0664. The van der Waals surface area contributed by atoms with Crippen molar-refractivity contribution < 1.29 is 8.98 Å². The van der Waals surface area contributed by atoms with Crippen LogP contribution in [0.2, 0.25) is 0 Å². The summed E-state index contributed by atoms with van der Waals surface area (Å²) in [6, 6.07) is -0.640. The molecule has 0 spiro atoms. The lowest BCUT2D eigenvalue weighted by atomic mass is 10.2. The minimum atomic E-state index is -0.640. The summed E-state index contributed by atoms with van der Waals surface area (Å²) < 4.78 is 4.19. The largest absolute Gasteiger partial charge is 0.393 e. The van der Waals surface area contributed by atoms with Crippen LogP contribution in [-0.4, -0.2) is 43.5 Å². The first-order valence-electron chi connectivity index (χ1n) is 4.57. The summed E-state index contributed by atoms with van der Waals surface area (Å²) in [4.78, 5) is 16.6. The highest BCUT2D eigenvalue weighted by Crippen LogP contribution is 1.98. The van der Waals surface area contributed by atoms with E-state index in [2.05, 4.69) is 22.1 Å². The van der Waals surface area contributed by atoms with Gasteiger partial charge in [0, 0.05) is 33.5 Å². The molecular formula is C8H18N4O2S. The van der Waals surface area contributed by atoms with Crippen LogP contribution in [0.25, 0.3) is 0 Å². The number of hydrogen-bond donors (Lipinski definition) is 3. The van der Waals surface area contributed by atoms with Gasteiger partial charge >= 0.3 is 5.97 Å². The molecule has 0 amide bonds. The molecule has 0 bridgehead atoms. The van der Waals surface area contributed by atoms with Gasteiger partial charge in [-0.25, -0.2) is 4.79 Å². The number of aliphatic imine (C=N–C) groups is 1. The first-order valence-corrected chi connectivity index (χ1v) is 4.93. The molecule has 4 N–H and O–H groups in total. The van der Waals surface area contributed by atoms with Crippen LogP contribution in [0, 0.1) is 0 Å². The summed E-state index contributed by atoms with van der Waals surface area (Å²) in [7, 11) is 3.62. The number of carbonyl (C=O) groups excluding carboxylic acids is 1. The topological polar surface area (TPSA) is 93.9 Å². The minimum Gasteiger partial charge on any atom is -0.393 e. The van der Waals surface area contributed by atoms with Gasteiger partial charge < -0.3 is 20.6 Å². The molecule has 0 aliphatic rings. The lowest BCUT2D eigenvalue weighted by Gasteiger charge is -2.10. The van der Waals surface area contributed by atoms with Crippen molar-refractivity contribution >= 4 is 24.8 Å². The molecule has 88 valence electrons. The van der Waals surface area contributed by atoms with Crippen molar-refractivity contribution in [3.8, 4) is 0 Å². The van der Waals surface area contributed by atoms with Crippen LogP contribution >= 0.6 is 12.9 Å². The molecule has 0 radical (unpaired) electrons. The first-order chi connectivity index (χ1) is 6.99. The Morgan fingerprint density at radius 3 is 2.67 bits per heavy atom. The third-order valence-electron chi connectivity index (χ3n) is 1.80. The zero-order valence-corrected chi connectivity index (χ0v) is 9.91. The van der Waals surface area contributed by atoms with Gasteiger partial charge in [0.25, 0.3) is 0 Å². The molecule has 0 saturated carbocycles. The van der Waals surface area contributed by atoms with E-state index in [9.17, 15) is 4.79 Å². The Balaban J connectivity index is 3.71. The molecule has 0 fully saturated rings. The number of nitrogens with two attached hydrogens (primary N) is 2. The quantitative estimate of drug-likeness (QED) is 0.193. The maximum atomic E-state index is 10.9. The number of hydrogen-bond acceptors (Lipinski definition) is 5. The number of carbonyl (C=O) groups is 1. The molecule has 0 aromatic heterocycles. The van der Waals surface area contributed by atoms with E-state index in [1.54, 1.807) is 4.90 Å². The van der Waals surface area contributed by atoms with Crippen molar-refractivity contribution in [1.82, 2.24) is 4.90 Å². The Morgan fingerprint density at radius 2 is 2.20 bits per heavy atom. The number of rotatable bonds is 5. The van der Waals surface area contributed by atoms with Crippen LogP contribution in [0.1, 0.15) is 12.8 Å². The smallest absolute Gasteiger partial charge is 0.334 e. The monoisotopic (exact) mass is 234 g/mol. The van der Waals surface area contributed by atoms with E-state index in [4.69, 9.17) is 11.5 Å². The van der Waals surface area contributed by atoms with Crippen LogP contribution in [0.5, 0.6) is 0 Å². The van der Waals surface area contributed by atoms with Crippen molar-refractivity contribution in [2.24, 2.45) is 16.5 Å². The SMILES string of the molecule is CN(C)C(N)=NCCCC(N)C(=O)OS. The average Bonchev–Trinajstić information content (AvgIpc) is 2.22. The Kier molecular flexibility index (Phi) is 6.89. The molecular weight excluding hydrogens is 216 g/mol. The fourth-order valence-electron chi connectivity index (χ4n) is 0.832. The lowest BCUT2D eigenvalue weighted by Crippen LogP contribution is -2.32. The molecule has 0 aliphatic carbocycles. The predicted octanol–water partition coefficient (Wildman–Crippen LogP) is -0.642. The van der Waals surface area contributed by atoms with Gasteiger partial charge in [-0.15, -0.1) is 0 Å². The van der Waals surface area contributed by atoms with Gasteiger partial charge in [0.2, 0.25) is 0 Å². The predicted molar refractivity (Wildman–Crippen MR) is 62.5 cm³/mol. The molecule has 15 heavy (non-hydrogen) atoms. The summed E-state index contributed by atoms with van der Waals surface area (Å²) in [6.45, 7) is 0.539. The van der Waals surface area contributed by atoms with Gasteiger partial charge in [-0.2, -0.15) is 0 Å². The molecule has 0 heterocycles. The second-order valence-electron chi connectivity index (χ2n) is 3.29. The highest BCUT2D eigenvalue weighted by molar-refractivity contribution is 7.75. The Labute approximate surface area is 95.3 Å². The van der Waals surface area contributed by atoms with Gasteiger partial charge in [0.05, 0.1) is 0 Å². The highest BCUT2D eigenvalue weighted by Gasteiger charge is 2.12. The first kappa shape index (κ1) is 14.1. The van der Waals surface area contributed by atoms with Gasteiger partial charge in [-0.1, -0.05) is 0 Å². The van der Waals surface area contributed by atoms with E-state index >= 15 is 0 Å². The normalized spacial score (nSPS) is 13.5. The molecule has 0 aliphatic heterocycles. The van der Waals surface area contributed by atoms with E-state index in [1.807, 2.05) is 14.1 Å². The summed E-state index contributed by atoms with van der Waals surface area (Å²) in [5.41, 5.74) is 11.1. The van der Waals surface area contributed by atoms with Crippen molar-refractivity contribution in [3.05, 3.63) is 0 Å². The average molecular weight is 234 g/mol. The second kappa shape index (κ2) is 7.36. The van der Waals surface area contributed by atoms with E-state index in [0.717, 1.165) is 0 Å². The third-order valence-corrected chi connectivity index (χ3v) is 1.98. The van der Waals surface area contributed by atoms with Crippen molar-refractivity contribution in [1.29, 1.82) is 0 Å². The van der Waals surface area contributed by atoms with Crippen molar-refractivity contribution in [3.63, 3.8) is 0 Å². The zero-order valence-electron chi connectivity index (χ0n) is 9.01. The highest BCUT2D eigenvalue weighted by atomic mass is 32.1. The standard InChI is InChI=1S/C8H18N4O2S/c1-12(2)8(10)11-5-3-4-6(9)7(13)14-15/h6,15H,3-5,9H2,1-2H3,(H2,10,11). The zero-order chi connectivity index (χ0) is 11.8. The van der Waals surface area contributed by atoms with E-state index < -0.39 is 12.0 Å². The molecule has 6 nitrogen and oxygen atoms in total. The summed E-state index contributed by atoms with van der Waals surface area (Å²) in [5, 5.41) is 0. The summed E-state index contributed by atoms with van der Waals surface area (Å²) >= 11 is 3.38. The minimum absolute atomic E-state index is 0.459. The van der Waals surface area contributed by atoms with Gasteiger partial charge in [0.1, 0.15) is 6.04 Å². The molecule has 0 aromatic rings. The van der Waals surface area contributed by atoms with E-state index in [1.165, 1.54) is 0 Å². The maximum Gasteiger partial charge on any atom is 0.334 e. The van der Waals surface area contributed by atoms with Crippen molar-refractivity contribution in [2.75, 3.05) is 20.6 Å². The van der Waals surface area contributed by atoms with Crippen LogP contribution in [0.15, 0.2) is 4.99 Å². The molecule has 7 heteroatoms. The number of thiol groups is 1. The molecule has 0 aromatic carbocycles. The summed E-state index contributed by atoms with van der Waals surface area (Å²) in [6.07, 6.45) is 1.18. The van der Waals surface area contributed by atoms with E-state index in [-0.39, 0.29) is 0 Å². The van der Waals surface area contributed by atoms with Crippen LogP contribution < -0.4 is 11.5 Å². The fraction of sp³-hybridized carbons (Fsp3) is 0.750. The second-order valence-corrected chi connectivity index (χ2v) is 3.48. The van der Waals surface area contributed by atoms with Gasteiger partial charge in [0.15, 0.2) is 5.96 Å². The molecule has 0 saturated heterocycles. The number of guanidine groups is 1. The molecule has 1 atom stereocenters. The Hall–Kier alpha value is -0.950. The van der Waals surface area contributed by atoms with E-state index in [0.29, 0.717) is 25.3 Å². The third kappa shape index (κ3) is 6.19. The lowest BCUT2D eigenvalue weighted by molar-refractivity contribution is -0.134. The Bertz CT molecular complexity index is 233. The maximum absolute atomic E-state index is 10.9. The molecule has 1 unspecified atom stereocenters. The Morgan fingerprint density at radius 1 is 1.60 bits per heavy atom. The molecule has 0 rings (SSSR count). The van der Waals surface area contributed by atoms with Gasteiger partial charge in [-0.05, 0) is 12.8 Å². The number of nitrogens with zero attached hydrogens (tertiary/aromatic N) is 2. The fourth-order valence-corrected chi connectivity index (χ4v) is 0.967. The van der Waals surface area contributed by atoms with Crippen molar-refractivity contribution in [2.45, 2.75) is 18.9 Å². The van der Waals surface area contributed by atoms with Crippen LogP contribution in [-0.2, 0) is 8.98 Å². The van der Waals surface area contributed by atoms with Crippen LogP contribution in [0.4, 0.5) is 0 Å².